The second-order valence-electron chi connectivity index (χ2n) is 5.32. The van der Waals surface area contributed by atoms with Gasteiger partial charge in [0.1, 0.15) is 0 Å². The zero-order chi connectivity index (χ0) is 13.2. The van der Waals surface area contributed by atoms with Gasteiger partial charge in [-0.25, -0.2) is 0 Å². The summed E-state index contributed by atoms with van der Waals surface area (Å²) in [5.74, 6) is 0. The summed E-state index contributed by atoms with van der Waals surface area (Å²) in [6.07, 6.45) is 1.13. The molecular weight excluding hydrogens is 232 g/mol. The Morgan fingerprint density at radius 3 is 2.47 bits per heavy atom. The second kappa shape index (κ2) is 4.96. The topological polar surface area (TPSA) is 15.3 Å². The van der Waals surface area contributed by atoms with E-state index in [1.807, 2.05) is 0 Å². The summed E-state index contributed by atoms with van der Waals surface area (Å²) in [6.45, 7) is 2.29. The van der Waals surface area contributed by atoms with Gasteiger partial charge >= 0.3 is 0 Å². The summed E-state index contributed by atoms with van der Waals surface area (Å²) >= 11 is 0. The molecule has 2 unspecified atom stereocenters. The number of benzene rings is 2. The molecule has 2 aromatic carbocycles. The number of para-hydroxylation sites is 2. The van der Waals surface area contributed by atoms with Crippen molar-refractivity contribution in [2.24, 2.45) is 0 Å². The van der Waals surface area contributed by atoms with Crippen molar-refractivity contribution in [3.8, 4) is 0 Å². The van der Waals surface area contributed by atoms with Gasteiger partial charge < -0.3 is 10.2 Å². The highest BCUT2D eigenvalue weighted by molar-refractivity contribution is 5.60. The predicted octanol–water partition coefficient (Wildman–Crippen LogP) is 4.07. The maximum atomic E-state index is 3.66. The van der Waals surface area contributed by atoms with Gasteiger partial charge in [-0.15, -0.1) is 0 Å². The van der Waals surface area contributed by atoms with E-state index in [0.29, 0.717) is 12.1 Å². The van der Waals surface area contributed by atoms with Gasteiger partial charge in [-0.05, 0) is 37.1 Å². The maximum Gasteiger partial charge on any atom is 0.0553 e. The van der Waals surface area contributed by atoms with Crippen molar-refractivity contribution < 1.29 is 0 Å². The highest BCUT2D eigenvalue weighted by atomic mass is 15.2. The van der Waals surface area contributed by atoms with Crippen LogP contribution in [0.1, 0.15) is 24.9 Å². The van der Waals surface area contributed by atoms with Crippen LogP contribution in [-0.2, 0) is 0 Å². The zero-order valence-corrected chi connectivity index (χ0v) is 11.5. The second-order valence-corrected chi connectivity index (χ2v) is 5.32. The SMILES string of the molecule is CC1CC(Nc2ccccc2)c2ccccc2N1C. The monoisotopic (exact) mass is 252 g/mol. The molecule has 0 radical (unpaired) electrons. The number of nitrogens with zero attached hydrogens (tertiary/aromatic N) is 1. The minimum absolute atomic E-state index is 0.393. The van der Waals surface area contributed by atoms with Crippen LogP contribution in [0.4, 0.5) is 11.4 Å². The van der Waals surface area contributed by atoms with E-state index >= 15 is 0 Å². The van der Waals surface area contributed by atoms with Crippen LogP contribution < -0.4 is 10.2 Å². The average molecular weight is 252 g/mol. The van der Waals surface area contributed by atoms with Gasteiger partial charge in [0, 0.05) is 24.5 Å². The van der Waals surface area contributed by atoms with Crippen molar-refractivity contribution in [3.05, 3.63) is 60.2 Å². The molecule has 3 rings (SSSR count). The molecule has 0 fully saturated rings. The summed E-state index contributed by atoms with van der Waals surface area (Å²) < 4.78 is 0. The van der Waals surface area contributed by atoms with E-state index in [-0.39, 0.29) is 0 Å². The van der Waals surface area contributed by atoms with Crippen molar-refractivity contribution in [2.45, 2.75) is 25.4 Å². The molecule has 2 heteroatoms. The van der Waals surface area contributed by atoms with Gasteiger partial charge in [-0.1, -0.05) is 36.4 Å². The van der Waals surface area contributed by atoms with Crippen LogP contribution in [-0.4, -0.2) is 13.1 Å². The largest absolute Gasteiger partial charge is 0.378 e. The molecule has 98 valence electrons. The molecule has 2 atom stereocenters. The smallest absolute Gasteiger partial charge is 0.0553 e. The molecule has 0 saturated carbocycles. The molecule has 2 nitrogen and oxygen atoms in total. The minimum atomic E-state index is 0.393. The van der Waals surface area contributed by atoms with Gasteiger partial charge in [-0.2, -0.15) is 0 Å². The summed E-state index contributed by atoms with van der Waals surface area (Å²) in [5, 5.41) is 3.66. The zero-order valence-electron chi connectivity index (χ0n) is 11.5. The number of anilines is 2. The lowest BCUT2D eigenvalue weighted by atomic mass is 9.92. The third-order valence-corrected chi connectivity index (χ3v) is 4.04. The standard InChI is InChI=1S/C17H20N2/c1-13-12-16(18-14-8-4-3-5-9-14)15-10-6-7-11-17(15)19(13)2/h3-11,13,16,18H,12H2,1-2H3. The predicted molar refractivity (Wildman–Crippen MR) is 81.7 cm³/mol. The van der Waals surface area contributed by atoms with Crippen LogP contribution >= 0.6 is 0 Å². The highest BCUT2D eigenvalue weighted by Crippen LogP contribution is 2.37. The first kappa shape index (κ1) is 12.1. The highest BCUT2D eigenvalue weighted by Gasteiger charge is 2.27. The van der Waals surface area contributed by atoms with E-state index in [1.54, 1.807) is 0 Å². The number of fused-ring (bicyclic) bond motifs is 1. The van der Waals surface area contributed by atoms with Crippen molar-refractivity contribution in [1.82, 2.24) is 0 Å². The summed E-state index contributed by atoms with van der Waals surface area (Å²) in [7, 11) is 2.18. The van der Waals surface area contributed by atoms with E-state index in [4.69, 9.17) is 0 Å². The normalized spacial score (nSPS) is 21.9. The third kappa shape index (κ3) is 2.30. The summed E-state index contributed by atoms with van der Waals surface area (Å²) in [4.78, 5) is 2.37. The quantitative estimate of drug-likeness (QED) is 0.866. The van der Waals surface area contributed by atoms with Gasteiger partial charge in [0.15, 0.2) is 0 Å². The lowest BCUT2D eigenvalue weighted by molar-refractivity contribution is 0.540. The number of rotatable bonds is 2. The molecule has 0 amide bonds. The van der Waals surface area contributed by atoms with E-state index in [1.165, 1.54) is 16.9 Å². The first-order valence-electron chi connectivity index (χ1n) is 6.89. The van der Waals surface area contributed by atoms with Crippen molar-refractivity contribution in [1.29, 1.82) is 0 Å². The van der Waals surface area contributed by atoms with Gasteiger partial charge in [-0.3, -0.25) is 0 Å². The molecular formula is C17H20N2. The van der Waals surface area contributed by atoms with Gasteiger partial charge in [0.2, 0.25) is 0 Å². The van der Waals surface area contributed by atoms with Crippen LogP contribution in [0.5, 0.6) is 0 Å². The molecule has 1 aliphatic rings. The first-order chi connectivity index (χ1) is 9.25. The van der Waals surface area contributed by atoms with E-state index in [0.717, 1.165) is 6.42 Å². The Morgan fingerprint density at radius 2 is 1.68 bits per heavy atom. The average Bonchev–Trinajstić information content (AvgIpc) is 2.46. The molecule has 0 aromatic heterocycles. The number of hydrogen-bond acceptors (Lipinski definition) is 2. The van der Waals surface area contributed by atoms with Crippen molar-refractivity contribution >= 4 is 11.4 Å². The van der Waals surface area contributed by atoms with Crippen LogP contribution in [0.15, 0.2) is 54.6 Å². The molecule has 1 N–H and O–H groups in total. The van der Waals surface area contributed by atoms with E-state index in [9.17, 15) is 0 Å². The molecule has 1 heterocycles. The Morgan fingerprint density at radius 1 is 1.00 bits per heavy atom. The fraction of sp³-hybridized carbons (Fsp3) is 0.294. The van der Waals surface area contributed by atoms with E-state index in [2.05, 4.69) is 78.8 Å². The molecule has 1 aliphatic heterocycles. The first-order valence-corrected chi connectivity index (χ1v) is 6.89. The fourth-order valence-corrected chi connectivity index (χ4v) is 2.84. The Hall–Kier alpha value is -1.96. The Kier molecular flexibility index (Phi) is 3.16. The Labute approximate surface area is 115 Å². The molecule has 0 bridgehead atoms. The lowest BCUT2D eigenvalue weighted by Gasteiger charge is -2.39. The van der Waals surface area contributed by atoms with Crippen LogP contribution in [0.25, 0.3) is 0 Å². The van der Waals surface area contributed by atoms with Gasteiger partial charge in [0.05, 0.1) is 6.04 Å². The molecule has 19 heavy (non-hydrogen) atoms. The van der Waals surface area contributed by atoms with E-state index < -0.39 is 0 Å². The van der Waals surface area contributed by atoms with Crippen molar-refractivity contribution in [2.75, 3.05) is 17.3 Å². The fourth-order valence-electron chi connectivity index (χ4n) is 2.84. The Balaban J connectivity index is 1.92. The summed E-state index contributed by atoms with van der Waals surface area (Å²) in [5.41, 5.74) is 3.93. The van der Waals surface area contributed by atoms with Crippen LogP contribution in [0.2, 0.25) is 0 Å². The molecule has 0 saturated heterocycles. The molecule has 0 spiro atoms. The maximum absolute atomic E-state index is 3.66. The Bertz CT molecular complexity index is 550. The minimum Gasteiger partial charge on any atom is -0.378 e. The van der Waals surface area contributed by atoms with Crippen LogP contribution in [0.3, 0.4) is 0 Å². The number of hydrogen-bond donors (Lipinski definition) is 1. The lowest BCUT2D eigenvalue weighted by Crippen LogP contribution is -2.37. The van der Waals surface area contributed by atoms with Crippen LogP contribution in [0, 0.1) is 0 Å². The molecule has 2 aromatic rings. The third-order valence-electron chi connectivity index (χ3n) is 4.04. The van der Waals surface area contributed by atoms with Gasteiger partial charge in [0.25, 0.3) is 0 Å². The van der Waals surface area contributed by atoms with Crippen molar-refractivity contribution in [3.63, 3.8) is 0 Å². The summed E-state index contributed by atoms with van der Waals surface area (Å²) in [6, 6.07) is 20.1. The number of nitrogens with one attached hydrogen (secondary N) is 1. The molecule has 0 aliphatic carbocycles.